The SMILES string of the molecule is CC[C@H](C)NC(=O)NC(=O)CN1CCN(S(=O)(=O)c2ccc(C(C)C)cc2)CC1. The predicted octanol–water partition coefficient (Wildman–Crippen LogP) is 1.74. The van der Waals surface area contributed by atoms with Crippen molar-refractivity contribution in [3.05, 3.63) is 29.8 Å². The molecule has 8 nitrogen and oxygen atoms in total. The third-order valence-corrected chi connectivity index (χ3v) is 7.04. The van der Waals surface area contributed by atoms with Crippen molar-refractivity contribution in [2.75, 3.05) is 32.7 Å². The third kappa shape index (κ3) is 6.52. The Morgan fingerprint density at radius 3 is 2.14 bits per heavy atom. The lowest BCUT2D eigenvalue weighted by molar-refractivity contribution is -0.121. The summed E-state index contributed by atoms with van der Waals surface area (Å²) in [7, 11) is -3.55. The van der Waals surface area contributed by atoms with Crippen LogP contribution in [0.1, 0.15) is 45.6 Å². The van der Waals surface area contributed by atoms with Crippen molar-refractivity contribution in [3.8, 4) is 0 Å². The molecular weight excluding hydrogens is 392 g/mol. The van der Waals surface area contributed by atoms with Crippen LogP contribution >= 0.6 is 0 Å². The van der Waals surface area contributed by atoms with Gasteiger partial charge in [0, 0.05) is 32.2 Å². The Balaban J connectivity index is 1.86. The first-order valence-corrected chi connectivity index (χ1v) is 11.5. The molecule has 0 spiro atoms. The fourth-order valence-electron chi connectivity index (χ4n) is 3.03. The summed E-state index contributed by atoms with van der Waals surface area (Å²) in [5.74, 6) is -0.0555. The number of nitrogens with one attached hydrogen (secondary N) is 2. The van der Waals surface area contributed by atoms with Crippen LogP contribution in [0, 0.1) is 0 Å². The number of hydrogen-bond acceptors (Lipinski definition) is 5. The second kappa shape index (κ2) is 10.2. The van der Waals surface area contributed by atoms with E-state index in [1.807, 2.05) is 30.9 Å². The van der Waals surface area contributed by atoms with Gasteiger partial charge in [-0.15, -0.1) is 0 Å². The number of rotatable bonds is 7. The van der Waals surface area contributed by atoms with E-state index in [0.717, 1.165) is 12.0 Å². The summed E-state index contributed by atoms with van der Waals surface area (Å²) in [4.78, 5) is 25.9. The number of benzene rings is 1. The average molecular weight is 425 g/mol. The van der Waals surface area contributed by atoms with Gasteiger partial charge in [-0.1, -0.05) is 32.9 Å². The zero-order chi connectivity index (χ0) is 21.6. The molecule has 1 saturated heterocycles. The van der Waals surface area contributed by atoms with Crippen LogP contribution in [0.4, 0.5) is 4.79 Å². The van der Waals surface area contributed by atoms with Gasteiger partial charge in [-0.2, -0.15) is 4.31 Å². The molecule has 1 aromatic rings. The quantitative estimate of drug-likeness (QED) is 0.695. The monoisotopic (exact) mass is 424 g/mol. The average Bonchev–Trinajstić information content (AvgIpc) is 2.68. The summed E-state index contributed by atoms with van der Waals surface area (Å²) in [5.41, 5.74) is 1.09. The van der Waals surface area contributed by atoms with Crippen molar-refractivity contribution in [3.63, 3.8) is 0 Å². The number of sulfonamides is 1. The summed E-state index contributed by atoms with van der Waals surface area (Å²) in [5, 5.41) is 4.99. The lowest BCUT2D eigenvalue weighted by Crippen LogP contribution is -2.52. The Labute approximate surface area is 173 Å². The number of carbonyl (C=O) groups is 2. The van der Waals surface area contributed by atoms with Crippen LogP contribution in [0.25, 0.3) is 0 Å². The lowest BCUT2D eigenvalue weighted by atomic mass is 10.0. The van der Waals surface area contributed by atoms with Gasteiger partial charge in [0.1, 0.15) is 0 Å². The van der Waals surface area contributed by atoms with Gasteiger partial charge in [-0.05, 0) is 37.0 Å². The number of piperazine rings is 1. The lowest BCUT2D eigenvalue weighted by Gasteiger charge is -2.33. The van der Waals surface area contributed by atoms with Gasteiger partial charge in [0.2, 0.25) is 15.9 Å². The van der Waals surface area contributed by atoms with Crippen molar-refractivity contribution in [2.45, 2.75) is 51.0 Å². The van der Waals surface area contributed by atoms with E-state index in [0.29, 0.717) is 32.1 Å². The minimum atomic E-state index is -3.55. The molecule has 3 amide bonds. The van der Waals surface area contributed by atoms with Gasteiger partial charge >= 0.3 is 6.03 Å². The molecule has 29 heavy (non-hydrogen) atoms. The number of imide groups is 1. The highest BCUT2D eigenvalue weighted by Crippen LogP contribution is 2.21. The van der Waals surface area contributed by atoms with Gasteiger partial charge < -0.3 is 5.32 Å². The van der Waals surface area contributed by atoms with Crippen molar-refractivity contribution in [1.29, 1.82) is 0 Å². The predicted molar refractivity (Wildman–Crippen MR) is 112 cm³/mol. The van der Waals surface area contributed by atoms with Crippen LogP contribution in [-0.4, -0.2) is 68.3 Å². The molecular formula is C20H32N4O4S. The Morgan fingerprint density at radius 2 is 1.62 bits per heavy atom. The molecule has 1 aromatic carbocycles. The highest BCUT2D eigenvalue weighted by atomic mass is 32.2. The maximum Gasteiger partial charge on any atom is 0.321 e. The first-order chi connectivity index (χ1) is 13.6. The van der Waals surface area contributed by atoms with E-state index in [9.17, 15) is 18.0 Å². The zero-order valence-electron chi connectivity index (χ0n) is 17.6. The van der Waals surface area contributed by atoms with E-state index in [1.165, 1.54) is 4.31 Å². The molecule has 0 unspecified atom stereocenters. The molecule has 0 aromatic heterocycles. The number of carbonyl (C=O) groups excluding carboxylic acids is 2. The highest BCUT2D eigenvalue weighted by molar-refractivity contribution is 7.89. The van der Waals surface area contributed by atoms with Crippen LogP contribution in [0.15, 0.2) is 29.2 Å². The van der Waals surface area contributed by atoms with Crippen LogP contribution in [-0.2, 0) is 14.8 Å². The van der Waals surface area contributed by atoms with Crippen molar-refractivity contribution >= 4 is 22.0 Å². The van der Waals surface area contributed by atoms with Crippen molar-refractivity contribution in [1.82, 2.24) is 19.8 Å². The Hall–Kier alpha value is -1.97. The van der Waals surface area contributed by atoms with Gasteiger partial charge in [0.25, 0.3) is 0 Å². The number of amides is 3. The standard InChI is InChI=1S/C20H32N4O4S/c1-5-16(4)21-20(26)22-19(25)14-23-10-12-24(13-11-23)29(27,28)18-8-6-17(7-9-18)15(2)3/h6-9,15-16H,5,10-14H2,1-4H3,(H2,21,22,25,26)/t16-/m0/s1. The number of hydrogen-bond donors (Lipinski definition) is 2. The molecule has 0 saturated carbocycles. The number of urea groups is 1. The summed E-state index contributed by atoms with van der Waals surface area (Å²) in [6.45, 7) is 9.47. The van der Waals surface area contributed by atoms with E-state index in [-0.39, 0.29) is 17.5 Å². The first-order valence-electron chi connectivity index (χ1n) is 10.1. The molecule has 2 rings (SSSR count). The zero-order valence-corrected chi connectivity index (χ0v) is 18.5. The Bertz CT molecular complexity index is 800. The fourth-order valence-corrected chi connectivity index (χ4v) is 4.46. The van der Waals surface area contributed by atoms with Crippen molar-refractivity contribution < 1.29 is 18.0 Å². The summed E-state index contributed by atoms with van der Waals surface area (Å²) >= 11 is 0. The van der Waals surface area contributed by atoms with Gasteiger partial charge in [-0.3, -0.25) is 15.0 Å². The van der Waals surface area contributed by atoms with E-state index in [4.69, 9.17) is 0 Å². The highest BCUT2D eigenvalue weighted by Gasteiger charge is 2.29. The van der Waals surface area contributed by atoms with Crippen LogP contribution < -0.4 is 10.6 Å². The van der Waals surface area contributed by atoms with E-state index in [2.05, 4.69) is 24.5 Å². The van der Waals surface area contributed by atoms with Gasteiger partial charge in [0.05, 0.1) is 11.4 Å². The smallest absolute Gasteiger partial charge is 0.321 e. The molecule has 0 radical (unpaired) electrons. The minimum Gasteiger partial charge on any atom is -0.335 e. The third-order valence-electron chi connectivity index (χ3n) is 5.13. The first kappa shape index (κ1) is 23.3. The number of nitrogens with zero attached hydrogens (tertiary/aromatic N) is 2. The van der Waals surface area contributed by atoms with Crippen LogP contribution in [0.5, 0.6) is 0 Å². The molecule has 1 aliphatic heterocycles. The van der Waals surface area contributed by atoms with E-state index >= 15 is 0 Å². The topological polar surface area (TPSA) is 98.8 Å². The molecule has 1 fully saturated rings. The summed E-state index contributed by atoms with van der Waals surface area (Å²) < 4.78 is 27.1. The van der Waals surface area contributed by atoms with E-state index in [1.54, 1.807) is 12.1 Å². The van der Waals surface area contributed by atoms with E-state index < -0.39 is 22.0 Å². The second-order valence-electron chi connectivity index (χ2n) is 7.73. The summed E-state index contributed by atoms with van der Waals surface area (Å²) in [6, 6.07) is 6.49. The summed E-state index contributed by atoms with van der Waals surface area (Å²) in [6.07, 6.45) is 0.776. The molecule has 2 N–H and O–H groups in total. The van der Waals surface area contributed by atoms with Gasteiger partial charge in [-0.25, -0.2) is 13.2 Å². The molecule has 9 heteroatoms. The molecule has 0 aliphatic carbocycles. The normalized spacial score (nSPS) is 17.1. The molecule has 162 valence electrons. The van der Waals surface area contributed by atoms with Crippen molar-refractivity contribution in [2.24, 2.45) is 0 Å². The molecule has 0 bridgehead atoms. The van der Waals surface area contributed by atoms with Crippen LogP contribution in [0.3, 0.4) is 0 Å². The molecule has 1 atom stereocenters. The Kier molecular flexibility index (Phi) is 8.18. The molecule has 1 aliphatic rings. The van der Waals surface area contributed by atoms with Crippen LogP contribution in [0.2, 0.25) is 0 Å². The maximum absolute atomic E-state index is 12.8. The Morgan fingerprint density at radius 1 is 1.03 bits per heavy atom. The second-order valence-corrected chi connectivity index (χ2v) is 9.67. The maximum atomic E-state index is 12.8. The fraction of sp³-hybridized carbons (Fsp3) is 0.600. The molecule has 1 heterocycles. The largest absolute Gasteiger partial charge is 0.335 e. The van der Waals surface area contributed by atoms with Gasteiger partial charge in [0.15, 0.2) is 0 Å². The minimum absolute atomic E-state index is 0.00819.